The summed E-state index contributed by atoms with van der Waals surface area (Å²) in [5, 5.41) is 0. The van der Waals surface area contributed by atoms with Crippen molar-refractivity contribution in [3.8, 4) is 0 Å². The fourth-order valence-corrected chi connectivity index (χ4v) is 2.54. The Labute approximate surface area is 54.9 Å². The molecular weight excluding hydrogens is 205 g/mol. The summed E-state index contributed by atoms with van der Waals surface area (Å²) < 4.78 is 0. The van der Waals surface area contributed by atoms with E-state index in [1.54, 1.807) is 0 Å². The van der Waals surface area contributed by atoms with Gasteiger partial charge in [0.15, 0.2) is 7.00 Å². The molecule has 0 heterocycles. The van der Waals surface area contributed by atoms with E-state index in [-0.39, 0.29) is 0 Å². The molecule has 0 aliphatic heterocycles. The van der Waals surface area contributed by atoms with Crippen LogP contribution in [0, 0.1) is 0 Å². The van der Waals surface area contributed by atoms with Crippen molar-refractivity contribution in [3.05, 3.63) is 0 Å². The second-order valence-corrected chi connectivity index (χ2v) is 3.94. The Hall–Kier alpha value is 1.22. The zero-order valence-electron chi connectivity index (χ0n) is 4.03. The largest absolute Gasteiger partial charge is 0.158 e. The quantitative estimate of drug-likeness (QED) is 0.375. The van der Waals surface area contributed by atoms with Crippen molar-refractivity contribution < 1.29 is 0 Å². The van der Waals surface area contributed by atoms with Gasteiger partial charge in [0.25, 0.3) is 0 Å². The molecule has 0 saturated heterocycles. The maximum Gasteiger partial charge on any atom is 0.158 e. The van der Waals surface area contributed by atoms with Crippen LogP contribution in [0.5, 0.6) is 0 Å². The van der Waals surface area contributed by atoms with E-state index in [1.807, 2.05) is 0 Å². The molecular formula is C3H8BIP. The molecule has 3 heteroatoms. The van der Waals surface area contributed by atoms with Crippen molar-refractivity contribution in [3.63, 3.8) is 0 Å². The van der Waals surface area contributed by atoms with Crippen molar-refractivity contribution >= 4 is 35.1 Å². The molecule has 0 fully saturated rings. The Morgan fingerprint density at radius 2 is 2.17 bits per heavy atom. The minimum atomic E-state index is 0.778. The Balaban J connectivity index is 2.63. The van der Waals surface area contributed by atoms with Gasteiger partial charge < -0.3 is 0 Å². The summed E-state index contributed by atoms with van der Waals surface area (Å²) in [5.74, 6) is 0.778. The molecule has 0 spiro atoms. The molecule has 0 rings (SSSR count). The van der Waals surface area contributed by atoms with Crippen LogP contribution in [-0.2, 0) is 0 Å². The van der Waals surface area contributed by atoms with Crippen LogP contribution in [0.2, 0.25) is 5.82 Å². The topological polar surface area (TPSA) is 0 Å². The van der Waals surface area contributed by atoms with Crippen LogP contribution in [-0.4, -0.2) is 7.00 Å². The van der Waals surface area contributed by atoms with Gasteiger partial charge in [0.2, 0.25) is 0 Å². The Bertz CT molecular complexity index is 32.0. The Kier molecular flexibility index (Phi) is 5.28. The first-order valence-electron chi connectivity index (χ1n) is 1.97. The summed E-state index contributed by atoms with van der Waals surface area (Å²) in [6.45, 7) is 6.71. The van der Waals surface area contributed by atoms with Crippen LogP contribution in [0.1, 0.15) is 13.8 Å². The van der Waals surface area contributed by atoms with E-state index in [0.29, 0.717) is 0 Å². The van der Waals surface area contributed by atoms with E-state index in [4.69, 9.17) is 0 Å². The smallest absolute Gasteiger partial charge is 0.0977 e. The molecule has 0 aromatic rings. The van der Waals surface area contributed by atoms with Crippen molar-refractivity contribution in [2.45, 2.75) is 19.7 Å². The fraction of sp³-hybridized carbons (Fsp3) is 1.00. The molecule has 1 radical (unpaired) electrons. The SMILES string of the molecule is CC(C)[B]PI. The second-order valence-electron chi connectivity index (χ2n) is 1.52. The summed E-state index contributed by atoms with van der Waals surface area (Å²) in [7, 11) is 0. The predicted molar refractivity (Wildman–Crippen MR) is 43.2 cm³/mol. The molecule has 6 heavy (non-hydrogen) atoms. The summed E-state index contributed by atoms with van der Waals surface area (Å²) in [4.78, 5) is 0. The molecule has 0 aliphatic rings. The van der Waals surface area contributed by atoms with E-state index >= 15 is 0 Å². The van der Waals surface area contributed by atoms with Crippen LogP contribution in [0.15, 0.2) is 0 Å². The molecule has 0 aliphatic carbocycles. The molecule has 0 bridgehead atoms. The minimum absolute atomic E-state index is 0.778. The van der Waals surface area contributed by atoms with Crippen LogP contribution < -0.4 is 0 Å². The molecule has 0 aromatic heterocycles. The van der Waals surface area contributed by atoms with E-state index in [9.17, 15) is 0 Å². The third-order valence-electron chi connectivity index (χ3n) is 0.396. The van der Waals surface area contributed by atoms with Gasteiger partial charge in [-0.1, -0.05) is 47.8 Å². The maximum absolute atomic E-state index is 2.37. The van der Waals surface area contributed by atoms with Crippen LogP contribution in [0.25, 0.3) is 0 Å². The zero-order valence-corrected chi connectivity index (χ0v) is 7.19. The summed E-state index contributed by atoms with van der Waals surface area (Å²) >= 11 is 2.37. The zero-order chi connectivity index (χ0) is 4.99. The number of hydrogen-bond donors (Lipinski definition) is 0. The van der Waals surface area contributed by atoms with Crippen molar-refractivity contribution in [2.24, 2.45) is 0 Å². The van der Waals surface area contributed by atoms with Crippen LogP contribution >= 0.6 is 28.1 Å². The molecule has 0 amide bonds. The monoisotopic (exact) mass is 213 g/mol. The first kappa shape index (κ1) is 7.22. The fourth-order valence-electron chi connectivity index (χ4n) is 0.126. The molecule has 0 nitrogen and oxygen atoms in total. The highest BCUT2D eigenvalue weighted by atomic mass is 127. The van der Waals surface area contributed by atoms with Gasteiger partial charge in [-0.05, 0) is 0 Å². The molecule has 0 N–H and O–H groups in total. The van der Waals surface area contributed by atoms with Crippen molar-refractivity contribution in [1.82, 2.24) is 0 Å². The molecule has 0 aromatic carbocycles. The normalized spacial score (nSPS) is 11.3. The second kappa shape index (κ2) is 4.39. The third-order valence-corrected chi connectivity index (χ3v) is 2.27. The lowest BCUT2D eigenvalue weighted by Gasteiger charge is -1.92. The van der Waals surface area contributed by atoms with Gasteiger partial charge in [-0.3, -0.25) is 0 Å². The van der Waals surface area contributed by atoms with Crippen molar-refractivity contribution in [1.29, 1.82) is 0 Å². The van der Waals surface area contributed by atoms with Gasteiger partial charge >= 0.3 is 0 Å². The average molecular weight is 213 g/mol. The first-order chi connectivity index (χ1) is 2.77. The highest BCUT2D eigenvalue weighted by molar-refractivity contribution is 14.2. The predicted octanol–water partition coefficient (Wildman–Crippen LogP) is 2.46. The maximum atomic E-state index is 2.37. The first-order valence-corrected chi connectivity index (χ1v) is 6.16. The summed E-state index contributed by atoms with van der Waals surface area (Å²) in [6, 6.07) is 0. The summed E-state index contributed by atoms with van der Waals surface area (Å²) in [6.07, 6.45) is 0.983. The average Bonchev–Trinajstić information content (AvgIpc) is 1.35. The van der Waals surface area contributed by atoms with Gasteiger partial charge in [0.1, 0.15) is 0 Å². The Morgan fingerprint density at radius 1 is 1.67 bits per heavy atom. The molecule has 1 atom stereocenters. The van der Waals surface area contributed by atoms with Gasteiger partial charge in [0, 0.05) is 0 Å². The van der Waals surface area contributed by atoms with Crippen molar-refractivity contribution in [2.75, 3.05) is 0 Å². The van der Waals surface area contributed by atoms with E-state index in [0.717, 1.165) is 11.9 Å². The number of halogens is 1. The lowest BCUT2D eigenvalue weighted by molar-refractivity contribution is 1.07. The summed E-state index contributed by atoms with van der Waals surface area (Å²) in [5.41, 5.74) is 0. The van der Waals surface area contributed by atoms with Crippen LogP contribution in [0.4, 0.5) is 0 Å². The van der Waals surface area contributed by atoms with Gasteiger partial charge in [-0.2, -0.15) is 0 Å². The van der Waals surface area contributed by atoms with Crippen LogP contribution in [0.3, 0.4) is 0 Å². The number of rotatable bonds is 2. The Morgan fingerprint density at radius 3 is 2.17 bits per heavy atom. The van der Waals surface area contributed by atoms with Gasteiger partial charge in [-0.15, -0.1) is 0 Å². The van der Waals surface area contributed by atoms with E-state index in [1.165, 1.54) is 0 Å². The molecule has 1 unspecified atom stereocenters. The number of hydrogen-bond acceptors (Lipinski definition) is 0. The van der Waals surface area contributed by atoms with E-state index < -0.39 is 0 Å². The standard InChI is InChI=1S/C3H8BIP/c1-3(2)4-6-5/h3,6H,1-2H3. The highest BCUT2D eigenvalue weighted by Crippen LogP contribution is 2.22. The minimum Gasteiger partial charge on any atom is -0.0977 e. The lowest BCUT2D eigenvalue weighted by Crippen LogP contribution is -1.81. The highest BCUT2D eigenvalue weighted by Gasteiger charge is 1.90. The van der Waals surface area contributed by atoms with Gasteiger partial charge in [0.05, 0.1) is 0 Å². The lowest BCUT2D eigenvalue weighted by atomic mass is 9.90. The molecule has 0 saturated carbocycles. The van der Waals surface area contributed by atoms with E-state index in [2.05, 4.69) is 42.9 Å². The van der Waals surface area contributed by atoms with Gasteiger partial charge in [-0.25, -0.2) is 0 Å². The molecule has 35 valence electrons. The third kappa shape index (κ3) is 5.22.